The third-order valence-electron chi connectivity index (χ3n) is 4.81. The summed E-state index contributed by atoms with van der Waals surface area (Å²) in [6.07, 6.45) is 4.66. The monoisotopic (exact) mass is 290 g/mol. The van der Waals surface area contributed by atoms with Gasteiger partial charge < -0.3 is 15.2 Å². The molecule has 1 aliphatic heterocycles. The summed E-state index contributed by atoms with van der Waals surface area (Å²) >= 11 is 0. The smallest absolute Gasteiger partial charge is 0.252 e. The van der Waals surface area contributed by atoms with Crippen LogP contribution in [-0.2, 0) is 0 Å². The molecule has 0 bridgehead atoms. The molecule has 21 heavy (non-hydrogen) atoms. The number of nitrogens with zero attached hydrogens (tertiary/aromatic N) is 2. The number of aromatic nitrogens is 2. The first-order chi connectivity index (χ1) is 10.2. The molecule has 1 aliphatic carbocycles. The van der Waals surface area contributed by atoms with Crippen LogP contribution in [0, 0.1) is 5.92 Å². The zero-order chi connectivity index (χ0) is 14.8. The zero-order valence-corrected chi connectivity index (χ0v) is 13.1. The predicted octanol–water partition coefficient (Wildman–Crippen LogP) is 1.86. The Hall–Kier alpha value is -1.36. The van der Waals surface area contributed by atoms with Crippen LogP contribution in [-0.4, -0.2) is 35.6 Å². The SMILES string of the molecule is CCNC(C)C1CCN(c2cc(=O)[nH]c(C3CC3)n2)CC1. The van der Waals surface area contributed by atoms with Gasteiger partial charge in [-0.2, -0.15) is 0 Å². The lowest BCUT2D eigenvalue weighted by Crippen LogP contribution is -2.42. The molecular formula is C16H26N4O. The van der Waals surface area contributed by atoms with E-state index in [2.05, 4.69) is 34.0 Å². The molecule has 0 aromatic carbocycles. The molecule has 2 aliphatic rings. The van der Waals surface area contributed by atoms with Crippen molar-refractivity contribution in [3.8, 4) is 0 Å². The summed E-state index contributed by atoms with van der Waals surface area (Å²) in [6.45, 7) is 7.47. The molecule has 1 unspecified atom stereocenters. The third kappa shape index (κ3) is 3.46. The van der Waals surface area contributed by atoms with Crippen molar-refractivity contribution in [2.24, 2.45) is 5.92 Å². The van der Waals surface area contributed by atoms with Gasteiger partial charge in [0.15, 0.2) is 0 Å². The molecule has 1 aromatic heterocycles. The fourth-order valence-electron chi connectivity index (χ4n) is 3.29. The maximum absolute atomic E-state index is 11.8. The molecule has 2 heterocycles. The summed E-state index contributed by atoms with van der Waals surface area (Å²) in [7, 11) is 0. The van der Waals surface area contributed by atoms with E-state index < -0.39 is 0 Å². The Morgan fingerprint density at radius 1 is 1.38 bits per heavy atom. The van der Waals surface area contributed by atoms with E-state index >= 15 is 0 Å². The lowest BCUT2D eigenvalue weighted by atomic mass is 9.90. The lowest BCUT2D eigenvalue weighted by molar-refractivity contribution is 0.314. The molecule has 1 aromatic rings. The molecule has 0 amide bonds. The molecule has 0 spiro atoms. The van der Waals surface area contributed by atoms with E-state index in [0.29, 0.717) is 12.0 Å². The summed E-state index contributed by atoms with van der Waals surface area (Å²) < 4.78 is 0. The van der Waals surface area contributed by atoms with Gasteiger partial charge in [-0.3, -0.25) is 4.79 Å². The van der Waals surface area contributed by atoms with Gasteiger partial charge in [0.1, 0.15) is 11.6 Å². The van der Waals surface area contributed by atoms with Crippen molar-refractivity contribution in [2.75, 3.05) is 24.5 Å². The highest BCUT2D eigenvalue weighted by atomic mass is 16.1. The Kier molecular flexibility index (Phi) is 4.29. The van der Waals surface area contributed by atoms with Gasteiger partial charge in [-0.15, -0.1) is 0 Å². The molecule has 1 saturated carbocycles. The molecule has 3 rings (SSSR count). The molecular weight excluding hydrogens is 264 g/mol. The number of nitrogens with one attached hydrogen (secondary N) is 2. The van der Waals surface area contributed by atoms with Crippen molar-refractivity contribution in [1.29, 1.82) is 0 Å². The highest BCUT2D eigenvalue weighted by molar-refractivity contribution is 5.38. The maximum atomic E-state index is 11.8. The first-order valence-corrected chi connectivity index (χ1v) is 8.27. The summed E-state index contributed by atoms with van der Waals surface area (Å²) in [5, 5.41) is 3.52. The van der Waals surface area contributed by atoms with Crippen molar-refractivity contribution < 1.29 is 0 Å². The molecule has 1 saturated heterocycles. The molecule has 5 nitrogen and oxygen atoms in total. The number of anilines is 1. The quantitative estimate of drug-likeness (QED) is 0.869. The first kappa shape index (κ1) is 14.6. The van der Waals surface area contributed by atoms with Crippen molar-refractivity contribution in [1.82, 2.24) is 15.3 Å². The molecule has 0 radical (unpaired) electrons. The standard InChI is InChI=1S/C16H26N4O/c1-3-17-11(2)12-6-8-20(9-7-12)14-10-15(21)19-16(18-14)13-4-5-13/h10-13,17H,3-9H2,1-2H3,(H,18,19,21). The summed E-state index contributed by atoms with van der Waals surface area (Å²) in [6, 6.07) is 2.23. The van der Waals surface area contributed by atoms with Crippen LogP contribution in [0.25, 0.3) is 0 Å². The number of hydrogen-bond donors (Lipinski definition) is 2. The highest BCUT2D eigenvalue weighted by Gasteiger charge is 2.28. The number of rotatable bonds is 5. The molecule has 2 N–H and O–H groups in total. The normalized spacial score (nSPS) is 21.5. The average molecular weight is 290 g/mol. The van der Waals surface area contributed by atoms with Crippen LogP contribution in [0.4, 0.5) is 5.82 Å². The van der Waals surface area contributed by atoms with Gasteiger partial charge in [-0.05, 0) is 45.1 Å². The molecule has 2 fully saturated rings. The fourth-order valence-corrected chi connectivity index (χ4v) is 3.29. The first-order valence-electron chi connectivity index (χ1n) is 8.27. The Balaban J connectivity index is 1.65. The van der Waals surface area contributed by atoms with Crippen molar-refractivity contribution in [3.05, 3.63) is 22.2 Å². The molecule has 116 valence electrons. The van der Waals surface area contributed by atoms with Crippen LogP contribution in [0.5, 0.6) is 0 Å². The van der Waals surface area contributed by atoms with Crippen LogP contribution in [0.3, 0.4) is 0 Å². The van der Waals surface area contributed by atoms with E-state index in [-0.39, 0.29) is 5.56 Å². The zero-order valence-electron chi connectivity index (χ0n) is 13.1. The van der Waals surface area contributed by atoms with E-state index in [4.69, 9.17) is 0 Å². The largest absolute Gasteiger partial charge is 0.356 e. The minimum atomic E-state index is -0.00922. The van der Waals surface area contributed by atoms with Crippen LogP contribution >= 0.6 is 0 Å². The van der Waals surface area contributed by atoms with Crippen LogP contribution in [0.2, 0.25) is 0 Å². The van der Waals surface area contributed by atoms with Crippen LogP contribution in [0.1, 0.15) is 51.3 Å². The van der Waals surface area contributed by atoms with Crippen LogP contribution < -0.4 is 15.8 Å². The highest BCUT2D eigenvalue weighted by Crippen LogP contribution is 2.38. The lowest BCUT2D eigenvalue weighted by Gasteiger charge is -2.35. The Labute approximate surface area is 126 Å². The Morgan fingerprint density at radius 3 is 2.71 bits per heavy atom. The summed E-state index contributed by atoms with van der Waals surface area (Å²) in [5.41, 5.74) is -0.00922. The number of piperidine rings is 1. The summed E-state index contributed by atoms with van der Waals surface area (Å²) in [4.78, 5) is 21.7. The van der Waals surface area contributed by atoms with Crippen LogP contribution in [0.15, 0.2) is 10.9 Å². The van der Waals surface area contributed by atoms with Gasteiger partial charge in [0, 0.05) is 31.1 Å². The molecule has 5 heteroatoms. The maximum Gasteiger partial charge on any atom is 0.252 e. The van der Waals surface area contributed by atoms with E-state index in [1.807, 2.05) is 0 Å². The van der Waals surface area contributed by atoms with Gasteiger partial charge in [-0.1, -0.05) is 6.92 Å². The fraction of sp³-hybridized carbons (Fsp3) is 0.750. The number of H-pyrrole nitrogens is 1. The van der Waals surface area contributed by atoms with Gasteiger partial charge in [0.2, 0.25) is 0 Å². The Morgan fingerprint density at radius 2 is 2.10 bits per heavy atom. The van der Waals surface area contributed by atoms with Crippen molar-refractivity contribution in [2.45, 2.75) is 51.5 Å². The minimum absolute atomic E-state index is 0.00922. The van der Waals surface area contributed by atoms with E-state index in [0.717, 1.165) is 50.0 Å². The van der Waals surface area contributed by atoms with Gasteiger partial charge in [-0.25, -0.2) is 4.98 Å². The van der Waals surface area contributed by atoms with E-state index in [9.17, 15) is 4.79 Å². The average Bonchev–Trinajstić information content (AvgIpc) is 3.32. The Bertz CT molecular complexity index is 529. The second-order valence-corrected chi connectivity index (χ2v) is 6.43. The van der Waals surface area contributed by atoms with Gasteiger partial charge >= 0.3 is 0 Å². The predicted molar refractivity (Wildman–Crippen MR) is 84.9 cm³/mol. The van der Waals surface area contributed by atoms with E-state index in [1.165, 1.54) is 12.8 Å². The minimum Gasteiger partial charge on any atom is -0.356 e. The third-order valence-corrected chi connectivity index (χ3v) is 4.81. The number of aromatic amines is 1. The van der Waals surface area contributed by atoms with Gasteiger partial charge in [0.25, 0.3) is 5.56 Å². The molecule has 1 atom stereocenters. The van der Waals surface area contributed by atoms with Gasteiger partial charge in [0.05, 0.1) is 0 Å². The van der Waals surface area contributed by atoms with Crippen molar-refractivity contribution >= 4 is 5.82 Å². The van der Waals surface area contributed by atoms with Crippen molar-refractivity contribution in [3.63, 3.8) is 0 Å². The second-order valence-electron chi connectivity index (χ2n) is 6.43. The van der Waals surface area contributed by atoms with E-state index in [1.54, 1.807) is 6.07 Å². The topological polar surface area (TPSA) is 61.0 Å². The summed E-state index contributed by atoms with van der Waals surface area (Å²) in [5.74, 6) is 2.98. The second kappa shape index (κ2) is 6.18. The number of hydrogen-bond acceptors (Lipinski definition) is 4.